The number of hydrogen-bond donors (Lipinski definition) is 1. The van der Waals surface area contributed by atoms with Crippen molar-refractivity contribution in [2.45, 2.75) is 70.9 Å². The van der Waals surface area contributed by atoms with E-state index in [-0.39, 0.29) is 12.5 Å². The van der Waals surface area contributed by atoms with Crippen LogP contribution in [0.4, 0.5) is 0 Å². The molecule has 0 radical (unpaired) electrons. The number of amides is 1. The molecule has 0 aromatic heterocycles. The Labute approximate surface area is 226 Å². The highest BCUT2D eigenvalue weighted by atomic mass is 35.5. The minimum Gasteiger partial charge on any atom is -0.494 e. The summed E-state index contributed by atoms with van der Waals surface area (Å²) in [6.45, 7) is 8.68. The molecule has 2 aromatic carbocycles. The van der Waals surface area contributed by atoms with Crippen molar-refractivity contribution in [1.82, 2.24) is 9.80 Å². The summed E-state index contributed by atoms with van der Waals surface area (Å²) < 4.78 is 12.0. The highest BCUT2D eigenvalue weighted by Crippen LogP contribution is 2.29. The molecule has 4 rings (SSSR count). The quantitative estimate of drug-likeness (QED) is 0.410. The summed E-state index contributed by atoms with van der Waals surface area (Å²) in [5.74, 6) is 1.88. The van der Waals surface area contributed by atoms with Crippen LogP contribution in [0.15, 0.2) is 36.4 Å². The number of nitrogens with zero attached hydrogens (tertiary/aromatic N) is 2. The molecule has 2 saturated heterocycles. The summed E-state index contributed by atoms with van der Waals surface area (Å²) in [5, 5.41) is 12.0. The Bertz CT molecular complexity index is 1040. The average Bonchev–Trinajstić information content (AvgIpc) is 3.08. The number of benzene rings is 2. The van der Waals surface area contributed by atoms with Crippen molar-refractivity contribution in [2.24, 2.45) is 0 Å². The van der Waals surface area contributed by atoms with E-state index < -0.39 is 5.60 Å². The first kappa shape index (κ1) is 27.7. The van der Waals surface area contributed by atoms with Gasteiger partial charge in [0, 0.05) is 37.6 Å². The fraction of sp³-hybridized carbons (Fsp3) is 0.567. The first-order chi connectivity index (χ1) is 17.8. The second-order valence-electron chi connectivity index (χ2n) is 10.7. The van der Waals surface area contributed by atoms with Crippen LogP contribution in [0.3, 0.4) is 0 Å². The van der Waals surface area contributed by atoms with Crippen LogP contribution in [0.1, 0.15) is 61.6 Å². The molecule has 0 bridgehead atoms. The largest absolute Gasteiger partial charge is 0.494 e. The number of hydrogen-bond acceptors (Lipinski definition) is 5. The molecular weight excluding hydrogens is 488 g/mol. The minimum absolute atomic E-state index is 0.257. The van der Waals surface area contributed by atoms with Crippen molar-refractivity contribution in [1.29, 1.82) is 0 Å². The van der Waals surface area contributed by atoms with Gasteiger partial charge in [-0.2, -0.15) is 0 Å². The molecular formula is C30H41ClN2O4. The van der Waals surface area contributed by atoms with E-state index in [1.54, 1.807) is 0 Å². The normalized spacial score (nSPS) is 21.1. The zero-order chi connectivity index (χ0) is 26.3. The van der Waals surface area contributed by atoms with Gasteiger partial charge in [0.1, 0.15) is 23.7 Å². The fourth-order valence-corrected chi connectivity index (χ4v) is 5.49. The number of ether oxygens (including phenoxy) is 2. The average molecular weight is 529 g/mol. The first-order valence-electron chi connectivity index (χ1n) is 13.7. The van der Waals surface area contributed by atoms with Crippen LogP contribution in [0.25, 0.3) is 0 Å². The van der Waals surface area contributed by atoms with Crippen LogP contribution in [0, 0.1) is 13.8 Å². The standard InChI is InChI=1S/C30H41ClN2O4/c1-23-17-27(18-24(2)29(23)31)37-22-30(35)12-7-13-32(21-30)20-25-9-6-10-26(19-25)36-16-8-15-33-14-5-3-4-11-28(33)34/h6,9-10,17-19,35H,3-5,7-8,11-16,20-22H2,1-2H3/t30-/m1/s1. The third-order valence-corrected chi connectivity index (χ3v) is 7.97. The Kier molecular flexibility index (Phi) is 9.74. The van der Waals surface area contributed by atoms with Crippen molar-refractivity contribution in [2.75, 3.05) is 39.4 Å². The topological polar surface area (TPSA) is 62.2 Å². The van der Waals surface area contributed by atoms with Crippen molar-refractivity contribution < 1.29 is 19.4 Å². The van der Waals surface area contributed by atoms with Gasteiger partial charge in [0.15, 0.2) is 0 Å². The van der Waals surface area contributed by atoms with E-state index in [1.807, 2.05) is 43.0 Å². The molecule has 202 valence electrons. The number of rotatable bonds is 10. The lowest BCUT2D eigenvalue weighted by molar-refractivity contribution is -0.130. The fourth-order valence-electron chi connectivity index (χ4n) is 5.38. The Balaban J connectivity index is 1.25. The predicted octanol–water partition coefficient (Wildman–Crippen LogP) is 5.53. The maximum atomic E-state index is 12.2. The maximum Gasteiger partial charge on any atom is 0.222 e. The highest BCUT2D eigenvalue weighted by Gasteiger charge is 2.34. The lowest BCUT2D eigenvalue weighted by atomic mass is 9.93. The van der Waals surface area contributed by atoms with E-state index in [0.717, 1.165) is 97.9 Å². The molecule has 2 aromatic rings. The van der Waals surface area contributed by atoms with Gasteiger partial charge < -0.3 is 19.5 Å². The maximum absolute atomic E-state index is 12.2. The molecule has 0 unspecified atom stereocenters. The second kappa shape index (κ2) is 13.0. The van der Waals surface area contributed by atoms with E-state index >= 15 is 0 Å². The number of piperidine rings is 1. The smallest absolute Gasteiger partial charge is 0.222 e. The number of halogens is 1. The van der Waals surface area contributed by atoms with Crippen LogP contribution < -0.4 is 9.47 Å². The van der Waals surface area contributed by atoms with Gasteiger partial charge in [-0.1, -0.05) is 30.2 Å². The third-order valence-electron chi connectivity index (χ3n) is 7.37. The molecule has 2 heterocycles. The second-order valence-corrected chi connectivity index (χ2v) is 11.1. The van der Waals surface area contributed by atoms with Gasteiger partial charge in [-0.3, -0.25) is 9.69 Å². The molecule has 37 heavy (non-hydrogen) atoms. The van der Waals surface area contributed by atoms with E-state index in [2.05, 4.69) is 17.0 Å². The summed E-state index contributed by atoms with van der Waals surface area (Å²) in [4.78, 5) is 16.4. The van der Waals surface area contributed by atoms with Gasteiger partial charge in [-0.25, -0.2) is 0 Å². The Morgan fingerprint density at radius 3 is 2.62 bits per heavy atom. The van der Waals surface area contributed by atoms with Crippen LogP contribution in [0.5, 0.6) is 11.5 Å². The third kappa shape index (κ3) is 8.10. The highest BCUT2D eigenvalue weighted by molar-refractivity contribution is 6.32. The van der Waals surface area contributed by atoms with Crippen molar-refractivity contribution in [3.63, 3.8) is 0 Å². The van der Waals surface area contributed by atoms with Gasteiger partial charge in [0.05, 0.1) is 6.61 Å². The predicted molar refractivity (Wildman–Crippen MR) is 147 cm³/mol. The molecule has 1 amide bonds. The molecule has 0 aliphatic carbocycles. The molecule has 2 aliphatic heterocycles. The minimum atomic E-state index is -0.890. The summed E-state index contributed by atoms with van der Waals surface area (Å²) in [6.07, 6.45) is 6.42. The van der Waals surface area contributed by atoms with Crippen molar-refractivity contribution >= 4 is 17.5 Å². The molecule has 6 nitrogen and oxygen atoms in total. The van der Waals surface area contributed by atoms with E-state index in [4.69, 9.17) is 21.1 Å². The lowest BCUT2D eigenvalue weighted by Crippen LogP contribution is -2.51. The molecule has 2 aliphatic rings. The van der Waals surface area contributed by atoms with Gasteiger partial charge in [-0.05, 0) is 93.5 Å². The number of likely N-dealkylation sites (tertiary alicyclic amines) is 2. The Morgan fingerprint density at radius 2 is 1.81 bits per heavy atom. The number of aryl methyl sites for hydroxylation is 2. The summed E-state index contributed by atoms with van der Waals surface area (Å²) in [7, 11) is 0. The zero-order valence-corrected chi connectivity index (χ0v) is 23.1. The summed E-state index contributed by atoms with van der Waals surface area (Å²) in [5.41, 5.74) is 2.23. The summed E-state index contributed by atoms with van der Waals surface area (Å²) >= 11 is 6.28. The molecule has 0 saturated carbocycles. The number of carbonyl (C=O) groups is 1. The van der Waals surface area contributed by atoms with Crippen LogP contribution in [-0.2, 0) is 11.3 Å². The lowest BCUT2D eigenvalue weighted by Gasteiger charge is -2.39. The number of aliphatic hydroxyl groups is 1. The van der Waals surface area contributed by atoms with Crippen molar-refractivity contribution in [3.8, 4) is 11.5 Å². The molecule has 1 atom stereocenters. The summed E-state index contributed by atoms with van der Waals surface area (Å²) in [6, 6.07) is 12.0. The van der Waals surface area contributed by atoms with E-state index in [0.29, 0.717) is 19.6 Å². The molecule has 1 N–H and O–H groups in total. The van der Waals surface area contributed by atoms with Gasteiger partial charge in [0.25, 0.3) is 0 Å². The molecule has 2 fully saturated rings. The monoisotopic (exact) mass is 528 g/mol. The van der Waals surface area contributed by atoms with Crippen LogP contribution in [-0.4, -0.2) is 65.8 Å². The number of β-amino-alcohol motifs (C(OH)–C–C–N with tert-alkyl or cyclic N) is 1. The van der Waals surface area contributed by atoms with Gasteiger partial charge in [-0.15, -0.1) is 0 Å². The Hall–Kier alpha value is -2.28. The Morgan fingerprint density at radius 1 is 1.00 bits per heavy atom. The molecule has 7 heteroatoms. The van der Waals surface area contributed by atoms with Gasteiger partial charge in [0.2, 0.25) is 5.91 Å². The van der Waals surface area contributed by atoms with Crippen LogP contribution >= 0.6 is 11.6 Å². The van der Waals surface area contributed by atoms with E-state index in [1.165, 1.54) is 0 Å². The van der Waals surface area contributed by atoms with Crippen molar-refractivity contribution in [3.05, 3.63) is 58.1 Å². The zero-order valence-electron chi connectivity index (χ0n) is 22.3. The van der Waals surface area contributed by atoms with Crippen LogP contribution in [0.2, 0.25) is 5.02 Å². The molecule has 0 spiro atoms. The SMILES string of the molecule is Cc1cc(OC[C@@]2(O)CCCN(Cc3cccc(OCCCN4CCCCCC4=O)c3)C2)cc(C)c1Cl. The number of carbonyl (C=O) groups excluding carboxylic acids is 1. The van der Waals surface area contributed by atoms with E-state index in [9.17, 15) is 9.90 Å². The first-order valence-corrected chi connectivity index (χ1v) is 14.0. The van der Waals surface area contributed by atoms with Gasteiger partial charge >= 0.3 is 0 Å².